The number of carbonyl (C=O) groups is 1. The van der Waals surface area contributed by atoms with Gasteiger partial charge in [0.2, 0.25) is 0 Å². The van der Waals surface area contributed by atoms with Crippen LogP contribution in [-0.2, 0) is 6.54 Å². The van der Waals surface area contributed by atoms with Crippen LogP contribution < -0.4 is 0 Å². The van der Waals surface area contributed by atoms with Crippen molar-refractivity contribution in [3.63, 3.8) is 0 Å². The van der Waals surface area contributed by atoms with Gasteiger partial charge in [0.25, 0.3) is 5.91 Å². The summed E-state index contributed by atoms with van der Waals surface area (Å²) in [7, 11) is 0. The summed E-state index contributed by atoms with van der Waals surface area (Å²) < 4.78 is 0. The van der Waals surface area contributed by atoms with Crippen LogP contribution in [0.5, 0.6) is 0 Å². The lowest BCUT2D eigenvalue weighted by Crippen LogP contribution is -2.48. The Morgan fingerprint density at radius 3 is 2.56 bits per heavy atom. The van der Waals surface area contributed by atoms with Crippen molar-refractivity contribution in [2.75, 3.05) is 26.2 Å². The largest absolute Gasteiger partial charge is 0.351 e. The van der Waals surface area contributed by atoms with E-state index in [-0.39, 0.29) is 5.91 Å². The third-order valence-electron chi connectivity index (χ3n) is 4.91. The molecule has 0 atom stereocenters. The van der Waals surface area contributed by atoms with Crippen LogP contribution >= 0.6 is 0 Å². The number of aryl methyl sites for hydroxylation is 1. The molecule has 1 fully saturated rings. The van der Waals surface area contributed by atoms with Crippen molar-refractivity contribution in [1.29, 1.82) is 0 Å². The predicted octanol–water partition coefficient (Wildman–Crippen LogP) is 3.43. The lowest BCUT2D eigenvalue weighted by atomic mass is 10.1. The zero-order valence-corrected chi connectivity index (χ0v) is 14.5. The number of piperazine rings is 1. The number of amides is 1. The van der Waals surface area contributed by atoms with E-state index in [0.717, 1.165) is 43.6 Å². The molecule has 1 aromatic heterocycles. The molecule has 2 heterocycles. The topological polar surface area (TPSA) is 39.3 Å². The van der Waals surface area contributed by atoms with Gasteiger partial charge in [-0.3, -0.25) is 9.69 Å². The highest BCUT2D eigenvalue weighted by Gasteiger charge is 2.23. The molecular formula is C21H23N3O. The van der Waals surface area contributed by atoms with E-state index in [2.05, 4.69) is 41.1 Å². The standard InChI is InChI=1S/C21H23N3O/c1-16-5-4-6-17(13-16)15-23-9-11-24(12-10-23)21(25)20-14-18-7-2-3-8-19(18)22-20/h2-8,13-14,22H,9-12,15H2,1H3. The van der Waals surface area contributed by atoms with Crippen LogP contribution in [0.25, 0.3) is 10.9 Å². The molecule has 1 aliphatic heterocycles. The summed E-state index contributed by atoms with van der Waals surface area (Å²) in [6.07, 6.45) is 0. The van der Waals surface area contributed by atoms with E-state index in [4.69, 9.17) is 0 Å². The molecule has 1 N–H and O–H groups in total. The van der Waals surface area contributed by atoms with Crippen molar-refractivity contribution < 1.29 is 4.79 Å². The number of carbonyl (C=O) groups excluding carboxylic acids is 1. The number of nitrogens with one attached hydrogen (secondary N) is 1. The number of nitrogens with zero attached hydrogens (tertiary/aromatic N) is 2. The average Bonchev–Trinajstić information content (AvgIpc) is 3.06. The molecule has 2 aromatic carbocycles. The molecule has 128 valence electrons. The summed E-state index contributed by atoms with van der Waals surface area (Å²) in [6, 6.07) is 18.6. The zero-order valence-electron chi connectivity index (χ0n) is 14.5. The highest BCUT2D eigenvalue weighted by Crippen LogP contribution is 2.17. The first-order chi connectivity index (χ1) is 12.2. The van der Waals surface area contributed by atoms with E-state index in [1.165, 1.54) is 11.1 Å². The van der Waals surface area contributed by atoms with Crippen molar-refractivity contribution >= 4 is 16.8 Å². The number of aromatic nitrogens is 1. The van der Waals surface area contributed by atoms with Crippen LogP contribution in [0.3, 0.4) is 0 Å². The molecular weight excluding hydrogens is 310 g/mol. The Morgan fingerprint density at radius 2 is 1.80 bits per heavy atom. The fraction of sp³-hybridized carbons (Fsp3) is 0.286. The molecule has 0 bridgehead atoms. The average molecular weight is 333 g/mol. The minimum atomic E-state index is 0.103. The molecule has 0 unspecified atom stereocenters. The maximum Gasteiger partial charge on any atom is 0.270 e. The maximum absolute atomic E-state index is 12.8. The van der Waals surface area contributed by atoms with Gasteiger partial charge in [-0.15, -0.1) is 0 Å². The predicted molar refractivity (Wildman–Crippen MR) is 101 cm³/mol. The number of aromatic amines is 1. The second kappa shape index (κ2) is 6.73. The van der Waals surface area contributed by atoms with E-state index in [0.29, 0.717) is 5.69 Å². The van der Waals surface area contributed by atoms with Crippen LogP contribution in [-0.4, -0.2) is 46.9 Å². The summed E-state index contributed by atoms with van der Waals surface area (Å²) >= 11 is 0. The van der Waals surface area contributed by atoms with Gasteiger partial charge >= 0.3 is 0 Å². The van der Waals surface area contributed by atoms with Gasteiger partial charge in [-0.1, -0.05) is 48.0 Å². The van der Waals surface area contributed by atoms with Gasteiger partial charge in [-0.25, -0.2) is 0 Å². The Morgan fingerprint density at radius 1 is 1.00 bits per heavy atom. The van der Waals surface area contributed by atoms with E-state index in [1.54, 1.807) is 0 Å². The van der Waals surface area contributed by atoms with Gasteiger partial charge in [-0.2, -0.15) is 0 Å². The third kappa shape index (κ3) is 3.44. The van der Waals surface area contributed by atoms with Gasteiger partial charge in [0.05, 0.1) is 0 Å². The first kappa shape index (κ1) is 15.9. The van der Waals surface area contributed by atoms with Gasteiger partial charge < -0.3 is 9.88 Å². The Bertz CT molecular complexity index is 858. The van der Waals surface area contributed by atoms with Gasteiger partial charge in [0.15, 0.2) is 0 Å². The molecule has 4 rings (SSSR count). The van der Waals surface area contributed by atoms with Gasteiger partial charge in [0.1, 0.15) is 5.69 Å². The van der Waals surface area contributed by atoms with Crippen LogP contribution in [0.1, 0.15) is 21.6 Å². The van der Waals surface area contributed by atoms with Gasteiger partial charge in [-0.05, 0) is 24.6 Å². The SMILES string of the molecule is Cc1cccc(CN2CCN(C(=O)c3cc4ccccc4[nH]3)CC2)c1. The number of hydrogen-bond donors (Lipinski definition) is 1. The van der Waals surface area contributed by atoms with E-state index in [9.17, 15) is 4.79 Å². The fourth-order valence-corrected chi connectivity index (χ4v) is 3.54. The molecule has 1 saturated heterocycles. The summed E-state index contributed by atoms with van der Waals surface area (Å²) in [5.41, 5.74) is 4.35. The Balaban J connectivity index is 1.38. The second-order valence-electron chi connectivity index (χ2n) is 6.83. The Labute approximate surface area is 148 Å². The van der Waals surface area contributed by atoms with Crippen molar-refractivity contribution in [1.82, 2.24) is 14.8 Å². The molecule has 1 aliphatic rings. The Kier molecular flexibility index (Phi) is 4.28. The normalized spacial score (nSPS) is 15.6. The molecule has 0 aliphatic carbocycles. The van der Waals surface area contributed by atoms with Crippen molar-refractivity contribution in [3.8, 4) is 0 Å². The summed E-state index contributed by atoms with van der Waals surface area (Å²) in [4.78, 5) is 20.4. The molecule has 1 amide bonds. The molecule has 25 heavy (non-hydrogen) atoms. The lowest BCUT2D eigenvalue weighted by molar-refractivity contribution is 0.0623. The number of fused-ring (bicyclic) bond motifs is 1. The van der Waals surface area contributed by atoms with E-state index in [1.807, 2.05) is 35.2 Å². The smallest absolute Gasteiger partial charge is 0.270 e. The number of hydrogen-bond acceptors (Lipinski definition) is 2. The molecule has 4 heteroatoms. The minimum absolute atomic E-state index is 0.103. The first-order valence-corrected chi connectivity index (χ1v) is 8.84. The van der Waals surface area contributed by atoms with Crippen LogP contribution in [0.4, 0.5) is 0 Å². The van der Waals surface area contributed by atoms with Crippen molar-refractivity contribution in [2.45, 2.75) is 13.5 Å². The lowest BCUT2D eigenvalue weighted by Gasteiger charge is -2.34. The van der Waals surface area contributed by atoms with Crippen molar-refractivity contribution in [3.05, 3.63) is 71.4 Å². The number of rotatable bonds is 3. The monoisotopic (exact) mass is 333 g/mol. The van der Waals surface area contributed by atoms with Crippen LogP contribution in [0.15, 0.2) is 54.6 Å². The fourth-order valence-electron chi connectivity index (χ4n) is 3.54. The van der Waals surface area contributed by atoms with Crippen LogP contribution in [0, 0.1) is 6.92 Å². The van der Waals surface area contributed by atoms with Crippen molar-refractivity contribution in [2.24, 2.45) is 0 Å². The van der Waals surface area contributed by atoms with E-state index >= 15 is 0 Å². The second-order valence-corrected chi connectivity index (χ2v) is 6.83. The van der Waals surface area contributed by atoms with E-state index < -0.39 is 0 Å². The van der Waals surface area contributed by atoms with Crippen LogP contribution in [0.2, 0.25) is 0 Å². The summed E-state index contributed by atoms with van der Waals surface area (Å²) in [6.45, 7) is 6.47. The maximum atomic E-state index is 12.8. The first-order valence-electron chi connectivity index (χ1n) is 8.84. The quantitative estimate of drug-likeness (QED) is 0.797. The number of H-pyrrole nitrogens is 1. The molecule has 0 spiro atoms. The minimum Gasteiger partial charge on any atom is -0.351 e. The third-order valence-corrected chi connectivity index (χ3v) is 4.91. The highest BCUT2D eigenvalue weighted by molar-refractivity contribution is 5.98. The Hall–Kier alpha value is -2.59. The molecule has 3 aromatic rings. The summed E-state index contributed by atoms with van der Waals surface area (Å²) in [5.74, 6) is 0.103. The van der Waals surface area contributed by atoms with Gasteiger partial charge in [0, 0.05) is 43.6 Å². The number of para-hydroxylation sites is 1. The highest BCUT2D eigenvalue weighted by atomic mass is 16.2. The molecule has 4 nitrogen and oxygen atoms in total. The molecule has 0 radical (unpaired) electrons. The number of benzene rings is 2. The molecule has 0 saturated carbocycles. The zero-order chi connectivity index (χ0) is 17.2. The summed E-state index contributed by atoms with van der Waals surface area (Å²) in [5, 5.41) is 1.09.